The standard InChI is InChI=1S/C30H35N2.HI/c1-5-7-19-31-26-18-12-14-22-13-11-15-23(29(22)26)27(31)21-28-30(3,4)24-16-9-10-17-25(24)32(28)20-8-6-2;/h9-18,21H,5-8,19-20H2,1-4H3;1H/q+1;/p-1. The Hall–Kier alpha value is -2.14. The van der Waals surface area contributed by atoms with Crippen LogP contribution in [0.5, 0.6) is 0 Å². The molecule has 172 valence electrons. The molecule has 0 saturated carbocycles. The summed E-state index contributed by atoms with van der Waals surface area (Å²) in [7, 11) is 0. The zero-order valence-corrected chi connectivity index (χ0v) is 22.5. The summed E-state index contributed by atoms with van der Waals surface area (Å²) in [5.74, 6) is 0. The van der Waals surface area contributed by atoms with Crippen molar-refractivity contribution in [1.82, 2.24) is 4.57 Å². The maximum absolute atomic E-state index is 2.59. The average Bonchev–Trinajstić information content (AvgIpc) is 3.22. The van der Waals surface area contributed by atoms with Gasteiger partial charge >= 0.3 is 0 Å². The Balaban J connectivity index is 0.00000259. The van der Waals surface area contributed by atoms with Crippen LogP contribution in [0.1, 0.15) is 58.9 Å². The first-order valence-corrected chi connectivity index (χ1v) is 12.3. The maximum atomic E-state index is 2.59. The van der Waals surface area contributed by atoms with E-state index in [1.54, 1.807) is 0 Å². The fourth-order valence-corrected chi connectivity index (χ4v) is 5.54. The number of hydrogen-bond acceptors (Lipinski definition) is 0. The van der Waals surface area contributed by atoms with E-state index >= 15 is 0 Å². The lowest BCUT2D eigenvalue weighted by Crippen LogP contribution is -3.00. The minimum Gasteiger partial charge on any atom is -1.00 e. The lowest BCUT2D eigenvalue weighted by Gasteiger charge is -2.15. The van der Waals surface area contributed by atoms with Crippen LogP contribution in [0.2, 0.25) is 0 Å². The average molecular weight is 551 g/mol. The van der Waals surface area contributed by atoms with Gasteiger partial charge in [0.25, 0.3) is 0 Å². The quantitative estimate of drug-likeness (QED) is 0.243. The van der Waals surface area contributed by atoms with E-state index in [1.165, 1.54) is 69.7 Å². The zero-order chi connectivity index (χ0) is 22.3. The molecule has 0 atom stereocenters. The summed E-state index contributed by atoms with van der Waals surface area (Å²) in [5, 5.41) is 5.49. The van der Waals surface area contributed by atoms with Crippen LogP contribution in [-0.2, 0) is 12.0 Å². The van der Waals surface area contributed by atoms with Gasteiger partial charge in [-0.15, -0.1) is 0 Å². The van der Waals surface area contributed by atoms with Gasteiger partial charge in [-0.3, -0.25) is 0 Å². The van der Waals surface area contributed by atoms with Gasteiger partial charge in [-0.05, 0) is 31.7 Å². The van der Waals surface area contributed by atoms with Crippen LogP contribution >= 0.6 is 0 Å². The van der Waals surface area contributed by atoms with Gasteiger partial charge in [-0.25, -0.2) is 0 Å². The highest BCUT2D eigenvalue weighted by Crippen LogP contribution is 2.40. The molecule has 4 aromatic rings. The predicted octanol–water partition coefficient (Wildman–Crippen LogP) is 3.97. The SMILES string of the molecule is CCCCn1/c(=C/C2=[N+](CCCC)c3ccccc3C2(C)C)c2cccc3cccc1c32.[I-]. The van der Waals surface area contributed by atoms with Crippen molar-refractivity contribution in [1.29, 1.82) is 0 Å². The Kier molecular flexibility index (Phi) is 6.99. The van der Waals surface area contributed by atoms with Crippen molar-refractivity contribution in [2.24, 2.45) is 0 Å². The lowest BCUT2D eigenvalue weighted by molar-refractivity contribution is -0.437. The molecule has 33 heavy (non-hydrogen) atoms. The van der Waals surface area contributed by atoms with Gasteiger partial charge in [0.1, 0.15) is 6.54 Å². The molecule has 0 amide bonds. The van der Waals surface area contributed by atoms with Crippen molar-refractivity contribution in [3.05, 3.63) is 71.6 Å². The molecule has 5 rings (SSSR count). The van der Waals surface area contributed by atoms with Gasteiger partial charge in [0.05, 0.1) is 10.8 Å². The number of benzene rings is 3. The van der Waals surface area contributed by atoms with Gasteiger partial charge in [0, 0.05) is 47.0 Å². The number of unbranched alkanes of at least 4 members (excludes halogenated alkanes) is 2. The fourth-order valence-electron chi connectivity index (χ4n) is 5.54. The number of aryl methyl sites for hydroxylation is 1. The molecule has 1 aliphatic rings. The highest BCUT2D eigenvalue weighted by atomic mass is 127. The minimum atomic E-state index is -0.0174. The number of fused-ring (bicyclic) bond motifs is 1. The van der Waals surface area contributed by atoms with E-state index in [0.717, 1.165) is 13.1 Å². The molecule has 0 bridgehead atoms. The van der Waals surface area contributed by atoms with Gasteiger partial charge in [-0.2, -0.15) is 4.58 Å². The van der Waals surface area contributed by atoms with Gasteiger partial charge in [0.2, 0.25) is 5.69 Å². The first-order chi connectivity index (χ1) is 15.6. The summed E-state index contributed by atoms with van der Waals surface area (Å²) in [6.07, 6.45) is 7.31. The van der Waals surface area contributed by atoms with Crippen LogP contribution in [0.15, 0.2) is 60.7 Å². The minimum absolute atomic E-state index is 0. The van der Waals surface area contributed by atoms with Crippen LogP contribution in [0.4, 0.5) is 5.69 Å². The molecule has 0 spiro atoms. The molecule has 3 aromatic carbocycles. The van der Waals surface area contributed by atoms with E-state index in [1.807, 2.05) is 0 Å². The molecule has 1 aliphatic heterocycles. The molecular formula is C30H35IN2. The van der Waals surface area contributed by atoms with E-state index < -0.39 is 0 Å². The summed E-state index contributed by atoms with van der Waals surface area (Å²) in [6, 6.07) is 22.5. The molecule has 2 nitrogen and oxygen atoms in total. The van der Waals surface area contributed by atoms with Gasteiger partial charge < -0.3 is 28.5 Å². The second-order valence-corrected chi connectivity index (χ2v) is 9.75. The highest BCUT2D eigenvalue weighted by Gasteiger charge is 2.44. The van der Waals surface area contributed by atoms with Gasteiger partial charge in [0.15, 0.2) is 5.71 Å². The van der Waals surface area contributed by atoms with Crippen LogP contribution in [0.25, 0.3) is 27.8 Å². The van der Waals surface area contributed by atoms with Crippen LogP contribution in [0, 0.1) is 0 Å². The topological polar surface area (TPSA) is 7.94 Å². The number of rotatable bonds is 7. The molecule has 3 heteroatoms. The molecule has 0 radical (unpaired) electrons. The van der Waals surface area contributed by atoms with E-state index in [0.29, 0.717) is 0 Å². The van der Waals surface area contributed by atoms with E-state index in [9.17, 15) is 0 Å². The highest BCUT2D eigenvalue weighted by molar-refractivity contribution is 6.18. The molecule has 0 fully saturated rings. The number of nitrogens with zero attached hydrogens (tertiary/aromatic N) is 2. The number of halogens is 1. The van der Waals surface area contributed by atoms with Crippen molar-refractivity contribution in [2.75, 3.05) is 6.54 Å². The Morgan fingerprint density at radius 3 is 2.36 bits per heavy atom. The Bertz CT molecular complexity index is 1370. The Morgan fingerprint density at radius 2 is 1.61 bits per heavy atom. The van der Waals surface area contributed by atoms with E-state index in [4.69, 9.17) is 0 Å². The lowest BCUT2D eigenvalue weighted by atomic mass is 9.81. The maximum Gasteiger partial charge on any atom is 0.209 e. The van der Waals surface area contributed by atoms with Crippen molar-refractivity contribution in [3.63, 3.8) is 0 Å². The number of aromatic nitrogens is 1. The third-order valence-corrected chi connectivity index (χ3v) is 7.28. The molecule has 0 unspecified atom stereocenters. The second kappa shape index (κ2) is 9.61. The van der Waals surface area contributed by atoms with E-state index in [-0.39, 0.29) is 29.4 Å². The molecule has 0 N–H and O–H groups in total. The van der Waals surface area contributed by atoms with Crippen LogP contribution in [-0.4, -0.2) is 21.4 Å². The Morgan fingerprint density at radius 1 is 0.879 bits per heavy atom. The van der Waals surface area contributed by atoms with Crippen molar-refractivity contribution in [3.8, 4) is 0 Å². The van der Waals surface area contributed by atoms with E-state index in [2.05, 4.69) is 104 Å². The summed E-state index contributed by atoms with van der Waals surface area (Å²) in [6.45, 7) is 11.5. The molecule has 0 aliphatic carbocycles. The monoisotopic (exact) mass is 550 g/mol. The van der Waals surface area contributed by atoms with Crippen molar-refractivity contribution < 1.29 is 28.6 Å². The second-order valence-electron chi connectivity index (χ2n) is 9.75. The summed E-state index contributed by atoms with van der Waals surface area (Å²) in [5.41, 5.74) is 5.60. The third-order valence-electron chi connectivity index (χ3n) is 7.28. The summed E-state index contributed by atoms with van der Waals surface area (Å²) < 4.78 is 5.16. The predicted molar refractivity (Wildman–Crippen MR) is 138 cm³/mol. The molecule has 2 heterocycles. The van der Waals surface area contributed by atoms with Crippen molar-refractivity contribution in [2.45, 2.75) is 65.3 Å². The fraction of sp³-hybridized carbons (Fsp3) is 0.367. The first-order valence-electron chi connectivity index (χ1n) is 12.3. The van der Waals surface area contributed by atoms with Crippen LogP contribution < -0.4 is 29.3 Å². The summed E-state index contributed by atoms with van der Waals surface area (Å²) in [4.78, 5) is 0. The molecular weight excluding hydrogens is 515 g/mol. The third kappa shape index (κ3) is 3.92. The summed E-state index contributed by atoms with van der Waals surface area (Å²) >= 11 is 0. The number of hydrogen-bond donors (Lipinski definition) is 0. The largest absolute Gasteiger partial charge is 1.00 e. The normalized spacial score (nSPS) is 15.5. The first kappa shape index (κ1) is 24.0. The van der Waals surface area contributed by atoms with Crippen molar-refractivity contribution >= 4 is 39.2 Å². The number of para-hydroxylation sites is 1. The smallest absolute Gasteiger partial charge is 0.209 e. The molecule has 0 saturated heterocycles. The Labute approximate surface area is 215 Å². The zero-order valence-electron chi connectivity index (χ0n) is 20.4. The van der Waals surface area contributed by atoms with Gasteiger partial charge in [-0.1, -0.05) is 75.2 Å². The molecule has 1 aromatic heterocycles. The van der Waals surface area contributed by atoms with Crippen LogP contribution in [0.3, 0.4) is 0 Å².